The van der Waals surface area contributed by atoms with Gasteiger partial charge in [-0.05, 0) is 25.0 Å². The van der Waals surface area contributed by atoms with Crippen molar-refractivity contribution in [2.45, 2.75) is 25.5 Å². The van der Waals surface area contributed by atoms with Gasteiger partial charge < -0.3 is 9.72 Å². The minimum Gasteiger partial charge on any atom is -0.381 e. The zero-order valence-electron chi connectivity index (χ0n) is 12.6. The topological polar surface area (TPSA) is 58.2 Å². The van der Waals surface area contributed by atoms with Crippen LogP contribution in [0.2, 0.25) is 0 Å². The number of hydrogen-bond acceptors (Lipinski definition) is 4. The summed E-state index contributed by atoms with van der Waals surface area (Å²) >= 11 is 0. The first-order valence-corrected chi connectivity index (χ1v) is 6.90. The second kappa shape index (κ2) is 5.73. The first-order valence-electron chi connectivity index (χ1n) is 7.40. The highest BCUT2D eigenvalue weighted by Crippen LogP contribution is 2.14. The first kappa shape index (κ1) is 12.1. The second-order valence-electron chi connectivity index (χ2n) is 5.17. The molecule has 0 unspecified atom stereocenters. The van der Waals surface area contributed by atoms with Crippen LogP contribution in [0.3, 0.4) is 0 Å². The third-order valence-electron chi connectivity index (χ3n) is 3.84. The fourth-order valence-electron chi connectivity index (χ4n) is 2.66. The maximum Gasteiger partial charge on any atom is 0.258 e. The van der Waals surface area contributed by atoms with Gasteiger partial charge in [0.2, 0.25) is 0 Å². The lowest BCUT2D eigenvalue weighted by Gasteiger charge is -2.30. The van der Waals surface area contributed by atoms with Crippen molar-refractivity contribution < 1.29 is 6.11 Å². The number of piperidine rings is 1. The maximum atomic E-state index is 12.1. The molecule has 1 aromatic heterocycles. The SMILES string of the molecule is [2H]c1ccc2nc(CN3CCC(OC)CC3)[nH]c(=O)c2c1. The van der Waals surface area contributed by atoms with E-state index in [1.165, 1.54) is 0 Å². The highest BCUT2D eigenvalue weighted by atomic mass is 16.5. The van der Waals surface area contributed by atoms with Gasteiger partial charge in [0.1, 0.15) is 5.82 Å². The minimum atomic E-state index is -0.170. The Morgan fingerprint density at radius 2 is 2.30 bits per heavy atom. The molecule has 2 heterocycles. The van der Waals surface area contributed by atoms with E-state index >= 15 is 0 Å². The molecule has 3 rings (SSSR count). The summed E-state index contributed by atoms with van der Waals surface area (Å²) in [6.07, 6.45) is 2.37. The van der Waals surface area contributed by atoms with Gasteiger partial charge in [0.25, 0.3) is 5.56 Å². The minimum absolute atomic E-state index is 0.170. The molecule has 106 valence electrons. The Labute approximate surface area is 119 Å². The molecule has 1 saturated heterocycles. The van der Waals surface area contributed by atoms with E-state index in [-0.39, 0.29) is 5.56 Å². The highest BCUT2D eigenvalue weighted by Gasteiger charge is 2.19. The number of aromatic amines is 1. The Kier molecular flexibility index (Phi) is 3.45. The summed E-state index contributed by atoms with van der Waals surface area (Å²) in [6.45, 7) is 2.54. The average Bonchev–Trinajstić information content (AvgIpc) is 2.49. The number of nitrogens with zero attached hydrogens (tertiary/aromatic N) is 2. The number of para-hydroxylation sites is 1. The number of ether oxygens (including phenoxy) is 1. The number of rotatable bonds is 3. The van der Waals surface area contributed by atoms with E-state index in [0.717, 1.165) is 25.9 Å². The molecule has 0 bridgehead atoms. The van der Waals surface area contributed by atoms with Crippen molar-refractivity contribution in [2.24, 2.45) is 0 Å². The molecule has 0 atom stereocenters. The zero-order chi connectivity index (χ0) is 14.8. The fourth-order valence-corrected chi connectivity index (χ4v) is 2.66. The molecule has 0 saturated carbocycles. The van der Waals surface area contributed by atoms with Crippen molar-refractivity contribution in [3.05, 3.63) is 40.4 Å². The number of fused-ring (bicyclic) bond motifs is 1. The molecule has 20 heavy (non-hydrogen) atoms. The summed E-state index contributed by atoms with van der Waals surface area (Å²) in [7, 11) is 1.75. The molecule has 1 aromatic carbocycles. The number of nitrogens with one attached hydrogen (secondary N) is 1. The van der Waals surface area contributed by atoms with E-state index in [1.807, 2.05) is 0 Å². The third-order valence-corrected chi connectivity index (χ3v) is 3.84. The molecule has 1 N–H and O–H groups in total. The van der Waals surface area contributed by atoms with E-state index < -0.39 is 0 Å². The number of benzene rings is 1. The molecule has 0 radical (unpaired) electrons. The molecule has 1 aliphatic rings. The summed E-state index contributed by atoms with van der Waals surface area (Å²) < 4.78 is 12.9. The summed E-state index contributed by atoms with van der Waals surface area (Å²) in [5.74, 6) is 0.682. The van der Waals surface area contributed by atoms with Crippen LogP contribution in [0.4, 0.5) is 0 Å². The van der Waals surface area contributed by atoms with Gasteiger partial charge in [-0.15, -0.1) is 0 Å². The maximum absolute atomic E-state index is 12.1. The van der Waals surface area contributed by atoms with Gasteiger partial charge in [0.15, 0.2) is 0 Å². The van der Waals surface area contributed by atoms with Crippen LogP contribution in [-0.4, -0.2) is 41.2 Å². The molecule has 0 amide bonds. The number of hydrogen-bond donors (Lipinski definition) is 1. The molecule has 0 aliphatic carbocycles. The third kappa shape index (κ3) is 2.73. The normalized spacial score (nSPS) is 18.4. The highest BCUT2D eigenvalue weighted by molar-refractivity contribution is 5.77. The Morgan fingerprint density at radius 1 is 1.50 bits per heavy atom. The number of aromatic nitrogens is 2. The second-order valence-corrected chi connectivity index (χ2v) is 5.17. The Bertz CT molecular complexity index is 693. The first-order chi connectivity index (χ1) is 10.2. The lowest BCUT2D eigenvalue weighted by molar-refractivity contribution is 0.0381. The summed E-state index contributed by atoms with van der Waals surface area (Å²) in [4.78, 5) is 21.7. The lowest BCUT2D eigenvalue weighted by atomic mass is 10.1. The van der Waals surface area contributed by atoms with E-state index in [0.29, 0.717) is 35.4 Å². The molecule has 1 aliphatic heterocycles. The molecule has 1 fully saturated rings. The number of likely N-dealkylation sites (tertiary alicyclic amines) is 1. The molecule has 5 heteroatoms. The molecular formula is C15H19N3O2. The summed E-state index contributed by atoms with van der Waals surface area (Å²) in [6, 6.07) is 5.26. The molecular weight excluding hydrogens is 254 g/mol. The van der Waals surface area contributed by atoms with Crippen LogP contribution in [0.15, 0.2) is 29.0 Å². The van der Waals surface area contributed by atoms with Crippen molar-refractivity contribution in [1.82, 2.24) is 14.9 Å². The monoisotopic (exact) mass is 274 g/mol. The van der Waals surface area contributed by atoms with E-state index in [1.54, 1.807) is 25.3 Å². The quantitative estimate of drug-likeness (QED) is 0.922. The number of methoxy groups -OCH3 is 1. The predicted molar refractivity (Wildman–Crippen MR) is 77.7 cm³/mol. The van der Waals surface area contributed by atoms with Crippen LogP contribution < -0.4 is 5.56 Å². The van der Waals surface area contributed by atoms with Gasteiger partial charge in [-0.25, -0.2) is 4.98 Å². The van der Waals surface area contributed by atoms with Crippen LogP contribution in [0.25, 0.3) is 10.9 Å². The van der Waals surface area contributed by atoms with Gasteiger partial charge in [-0.1, -0.05) is 12.1 Å². The average molecular weight is 274 g/mol. The van der Waals surface area contributed by atoms with Gasteiger partial charge in [0, 0.05) is 20.2 Å². The Morgan fingerprint density at radius 3 is 3.05 bits per heavy atom. The summed E-state index contributed by atoms with van der Waals surface area (Å²) in [5, 5.41) is 0.476. The van der Waals surface area contributed by atoms with Crippen LogP contribution in [0.1, 0.15) is 20.0 Å². The van der Waals surface area contributed by atoms with E-state index in [4.69, 9.17) is 6.11 Å². The lowest BCUT2D eigenvalue weighted by Crippen LogP contribution is -2.36. The van der Waals surface area contributed by atoms with Crippen LogP contribution in [0.5, 0.6) is 0 Å². The summed E-state index contributed by atoms with van der Waals surface area (Å²) in [5.41, 5.74) is 0.479. The fraction of sp³-hybridized carbons (Fsp3) is 0.467. The standard InChI is InChI=1S/C15H19N3O2/c1-20-11-6-8-18(9-7-11)10-14-16-13-5-3-2-4-12(13)15(19)17-14/h2-5,11H,6-10H2,1H3,(H,16,17,19)/i2D. The smallest absolute Gasteiger partial charge is 0.258 e. The van der Waals surface area contributed by atoms with Gasteiger partial charge >= 0.3 is 0 Å². The van der Waals surface area contributed by atoms with Gasteiger partial charge in [0.05, 0.1) is 24.9 Å². The van der Waals surface area contributed by atoms with Crippen molar-refractivity contribution in [2.75, 3.05) is 20.2 Å². The van der Waals surface area contributed by atoms with Crippen LogP contribution >= 0.6 is 0 Å². The molecule has 5 nitrogen and oxygen atoms in total. The van der Waals surface area contributed by atoms with Crippen LogP contribution in [-0.2, 0) is 11.3 Å². The Balaban J connectivity index is 1.79. The molecule has 0 spiro atoms. The van der Waals surface area contributed by atoms with Crippen molar-refractivity contribution >= 4 is 10.9 Å². The van der Waals surface area contributed by atoms with Gasteiger partial charge in [-0.2, -0.15) is 0 Å². The largest absolute Gasteiger partial charge is 0.381 e. The number of H-pyrrole nitrogens is 1. The van der Waals surface area contributed by atoms with Gasteiger partial charge in [-0.3, -0.25) is 9.69 Å². The molecule has 2 aromatic rings. The van der Waals surface area contributed by atoms with Crippen molar-refractivity contribution in [3.8, 4) is 0 Å². The predicted octanol–water partition coefficient (Wildman–Crippen LogP) is 1.53. The van der Waals surface area contributed by atoms with E-state index in [9.17, 15) is 4.79 Å². The van der Waals surface area contributed by atoms with Crippen LogP contribution in [0, 0.1) is 0 Å². The van der Waals surface area contributed by atoms with Crippen molar-refractivity contribution in [3.63, 3.8) is 0 Å². The zero-order valence-corrected chi connectivity index (χ0v) is 11.6. The van der Waals surface area contributed by atoms with E-state index in [2.05, 4.69) is 14.9 Å². The van der Waals surface area contributed by atoms with Crippen molar-refractivity contribution in [1.29, 1.82) is 0 Å². The Hall–Kier alpha value is -1.72.